The first-order valence-corrected chi connectivity index (χ1v) is 5.14. The number of carbonyl (C=O) groups excluding carboxylic acids is 1. The van der Waals surface area contributed by atoms with E-state index >= 15 is 0 Å². The number of nitrogens with two attached hydrogens (primary N) is 3. The number of nitrogen functional groups attached to an aromatic ring is 2. The van der Waals surface area contributed by atoms with Gasteiger partial charge in [0.05, 0.1) is 13.2 Å². The molecule has 1 aromatic rings. The number of halogens is 2. The van der Waals surface area contributed by atoms with Crippen molar-refractivity contribution < 1.29 is 9.90 Å². The summed E-state index contributed by atoms with van der Waals surface area (Å²) in [4.78, 5) is 22.7. The first kappa shape index (κ1) is 17.4. The molecule has 8 N–H and O–H groups in total. The zero-order chi connectivity index (χ0) is 13.7. The summed E-state index contributed by atoms with van der Waals surface area (Å²) in [7, 11) is 0. The van der Waals surface area contributed by atoms with E-state index < -0.39 is 5.91 Å². The zero-order valence-electron chi connectivity index (χ0n) is 9.63. The average molecular weight is 355 g/mol. The molecule has 0 saturated heterocycles. The minimum Gasteiger partial charge on any atom is -0.394 e. The van der Waals surface area contributed by atoms with Gasteiger partial charge in [0.2, 0.25) is 0 Å². The van der Waals surface area contributed by atoms with Crippen molar-refractivity contribution in [1.82, 2.24) is 15.3 Å². The normalized spacial score (nSPS) is 10.7. The highest BCUT2D eigenvalue weighted by Crippen LogP contribution is 2.16. The van der Waals surface area contributed by atoms with E-state index in [2.05, 4.69) is 20.3 Å². The maximum Gasteiger partial charge on any atom is 0.280 e. The Balaban J connectivity index is 0.00000324. The van der Waals surface area contributed by atoms with Gasteiger partial charge in [0, 0.05) is 0 Å². The second-order valence-corrected chi connectivity index (χ2v) is 3.44. The van der Waals surface area contributed by atoms with Crippen LogP contribution in [-0.4, -0.2) is 40.1 Å². The van der Waals surface area contributed by atoms with Crippen LogP contribution >= 0.6 is 28.6 Å². The Morgan fingerprint density at radius 3 is 2.58 bits per heavy atom. The van der Waals surface area contributed by atoms with E-state index in [1.807, 2.05) is 0 Å². The number of hydrogen-bond donors (Lipinski definition) is 5. The SMILES string of the molecule is Br.NC(=NCCO)NC(=O)c1nc(Cl)c(N)nc1N. The van der Waals surface area contributed by atoms with Gasteiger partial charge >= 0.3 is 0 Å². The predicted molar refractivity (Wildman–Crippen MR) is 77.2 cm³/mol. The molecule has 11 heteroatoms. The molecule has 1 amide bonds. The quantitative estimate of drug-likeness (QED) is 0.339. The summed E-state index contributed by atoms with van der Waals surface area (Å²) in [5.41, 5.74) is 16.0. The number of aliphatic hydroxyl groups is 1. The number of guanidine groups is 1. The lowest BCUT2D eigenvalue weighted by atomic mass is 10.4. The maximum absolute atomic E-state index is 11.7. The number of rotatable bonds is 3. The van der Waals surface area contributed by atoms with Gasteiger partial charge in [-0.2, -0.15) is 0 Å². The zero-order valence-corrected chi connectivity index (χ0v) is 12.1. The molecule has 0 radical (unpaired) electrons. The van der Waals surface area contributed by atoms with Crippen molar-refractivity contribution in [2.24, 2.45) is 10.7 Å². The van der Waals surface area contributed by atoms with Gasteiger partial charge in [-0.1, -0.05) is 11.6 Å². The summed E-state index contributed by atoms with van der Waals surface area (Å²) >= 11 is 5.62. The fourth-order valence-electron chi connectivity index (χ4n) is 0.994. The highest BCUT2D eigenvalue weighted by Gasteiger charge is 2.16. The largest absolute Gasteiger partial charge is 0.394 e. The van der Waals surface area contributed by atoms with Gasteiger partial charge in [-0.25, -0.2) is 9.97 Å². The summed E-state index contributed by atoms with van der Waals surface area (Å²) in [5.74, 6) is -1.15. The first-order chi connectivity index (χ1) is 8.45. The molecule has 0 saturated carbocycles. The maximum atomic E-state index is 11.7. The van der Waals surface area contributed by atoms with Crippen molar-refractivity contribution in [3.05, 3.63) is 10.8 Å². The predicted octanol–water partition coefficient (Wildman–Crippen LogP) is -1.09. The number of amides is 1. The number of aliphatic hydroxyl groups excluding tert-OH is 1. The third-order valence-electron chi connectivity index (χ3n) is 1.74. The number of hydrogen-bond acceptors (Lipinski definition) is 7. The molecular formula is C8H13BrClN7O2. The van der Waals surface area contributed by atoms with Crippen LogP contribution in [0.3, 0.4) is 0 Å². The van der Waals surface area contributed by atoms with Gasteiger partial charge in [-0.15, -0.1) is 17.0 Å². The molecule has 0 atom stereocenters. The summed E-state index contributed by atoms with van der Waals surface area (Å²) in [6.45, 7) is -0.123. The van der Waals surface area contributed by atoms with Crippen LogP contribution in [-0.2, 0) is 0 Å². The fourth-order valence-corrected chi connectivity index (χ4v) is 1.12. The first-order valence-electron chi connectivity index (χ1n) is 4.76. The molecule has 0 bridgehead atoms. The van der Waals surface area contributed by atoms with E-state index in [0.29, 0.717) is 0 Å². The molecule has 19 heavy (non-hydrogen) atoms. The molecule has 0 aliphatic rings. The van der Waals surface area contributed by atoms with Gasteiger partial charge < -0.3 is 22.3 Å². The minimum absolute atomic E-state index is 0. The van der Waals surface area contributed by atoms with Crippen LogP contribution in [0.4, 0.5) is 11.6 Å². The minimum atomic E-state index is -0.721. The standard InChI is InChI=1S/C8H12ClN7O2.BrH/c9-4-6(11)15-5(10)3(14-4)7(18)16-8(12)13-1-2-17;/h17H,1-2H2,(H4,10,11,15)(H3,12,13,16,18);1H. The Labute approximate surface area is 124 Å². The molecule has 1 heterocycles. The van der Waals surface area contributed by atoms with E-state index in [9.17, 15) is 4.79 Å². The lowest BCUT2D eigenvalue weighted by molar-refractivity contribution is 0.0972. The molecule has 1 aromatic heterocycles. The number of anilines is 2. The van der Waals surface area contributed by atoms with Crippen LogP contribution < -0.4 is 22.5 Å². The van der Waals surface area contributed by atoms with Gasteiger partial charge in [-0.05, 0) is 0 Å². The van der Waals surface area contributed by atoms with E-state index in [-0.39, 0.29) is 58.6 Å². The van der Waals surface area contributed by atoms with Crippen molar-refractivity contribution in [2.75, 3.05) is 24.6 Å². The van der Waals surface area contributed by atoms with Crippen LogP contribution in [0.25, 0.3) is 0 Å². The van der Waals surface area contributed by atoms with Gasteiger partial charge in [0.1, 0.15) is 0 Å². The summed E-state index contributed by atoms with van der Waals surface area (Å²) in [6.07, 6.45) is 0. The molecule has 0 spiro atoms. The monoisotopic (exact) mass is 353 g/mol. The second-order valence-electron chi connectivity index (χ2n) is 3.08. The van der Waals surface area contributed by atoms with Crippen molar-refractivity contribution >= 4 is 52.1 Å². The molecule has 9 nitrogen and oxygen atoms in total. The molecule has 0 fully saturated rings. The van der Waals surface area contributed by atoms with Gasteiger partial charge in [0.15, 0.2) is 28.4 Å². The van der Waals surface area contributed by atoms with Crippen LogP contribution in [0.15, 0.2) is 4.99 Å². The summed E-state index contributed by atoms with van der Waals surface area (Å²) in [5, 5.41) is 10.6. The van der Waals surface area contributed by atoms with Crippen LogP contribution in [0.2, 0.25) is 5.15 Å². The molecule has 0 unspecified atom stereocenters. The second kappa shape index (κ2) is 7.71. The number of aliphatic imine (C=N–C) groups is 1. The highest BCUT2D eigenvalue weighted by atomic mass is 79.9. The third-order valence-corrected chi connectivity index (χ3v) is 2.02. The number of nitrogens with one attached hydrogen (secondary N) is 1. The lowest BCUT2D eigenvalue weighted by Gasteiger charge is -2.06. The van der Waals surface area contributed by atoms with Crippen molar-refractivity contribution in [2.45, 2.75) is 0 Å². The smallest absolute Gasteiger partial charge is 0.280 e. The Morgan fingerprint density at radius 1 is 1.37 bits per heavy atom. The van der Waals surface area contributed by atoms with E-state index in [1.165, 1.54) is 0 Å². The number of nitrogens with zero attached hydrogens (tertiary/aromatic N) is 3. The average Bonchev–Trinajstić information content (AvgIpc) is 2.31. The van der Waals surface area contributed by atoms with Crippen LogP contribution in [0.5, 0.6) is 0 Å². The van der Waals surface area contributed by atoms with Gasteiger partial charge in [0.25, 0.3) is 5.91 Å². The van der Waals surface area contributed by atoms with Crippen molar-refractivity contribution in [3.63, 3.8) is 0 Å². The van der Waals surface area contributed by atoms with E-state index in [0.717, 1.165) is 0 Å². The Kier molecular flexibility index (Phi) is 7.04. The van der Waals surface area contributed by atoms with Crippen molar-refractivity contribution in [1.29, 1.82) is 0 Å². The molecule has 1 rings (SSSR count). The summed E-state index contributed by atoms with van der Waals surface area (Å²) in [6, 6.07) is 0. The summed E-state index contributed by atoms with van der Waals surface area (Å²) < 4.78 is 0. The van der Waals surface area contributed by atoms with Crippen LogP contribution in [0.1, 0.15) is 10.5 Å². The van der Waals surface area contributed by atoms with E-state index in [1.54, 1.807) is 0 Å². The fraction of sp³-hybridized carbons (Fsp3) is 0.250. The van der Waals surface area contributed by atoms with Crippen molar-refractivity contribution in [3.8, 4) is 0 Å². The number of aromatic nitrogens is 2. The molecule has 0 aliphatic carbocycles. The molecule has 106 valence electrons. The van der Waals surface area contributed by atoms with Gasteiger partial charge in [-0.3, -0.25) is 15.1 Å². The number of carbonyl (C=O) groups is 1. The molecule has 0 aliphatic heterocycles. The lowest BCUT2D eigenvalue weighted by Crippen LogP contribution is -2.38. The van der Waals surface area contributed by atoms with Crippen LogP contribution in [0, 0.1) is 0 Å². The highest BCUT2D eigenvalue weighted by molar-refractivity contribution is 8.93. The third kappa shape index (κ3) is 4.85. The van der Waals surface area contributed by atoms with E-state index in [4.69, 9.17) is 33.9 Å². The Morgan fingerprint density at radius 2 is 2.00 bits per heavy atom. The molecular weight excluding hydrogens is 341 g/mol. The Hall–Kier alpha value is -1.65. The Bertz CT molecular complexity index is 496. The topological polar surface area (TPSA) is 166 Å². The molecule has 0 aromatic carbocycles.